The zero-order chi connectivity index (χ0) is 21.0. The van der Waals surface area contributed by atoms with Gasteiger partial charge in [-0.2, -0.15) is 0 Å². The zero-order valence-corrected chi connectivity index (χ0v) is 15.6. The lowest BCUT2D eigenvalue weighted by Gasteiger charge is -2.22. The molecule has 0 spiro atoms. The van der Waals surface area contributed by atoms with Crippen molar-refractivity contribution >= 4 is 17.2 Å². The number of carbonyl (C=O) groups excluding carboxylic acids is 1. The topological polar surface area (TPSA) is 113 Å². The Labute approximate surface area is 167 Å². The molecule has 0 bridgehead atoms. The van der Waals surface area contributed by atoms with Crippen molar-refractivity contribution in [3.63, 3.8) is 0 Å². The molecule has 0 heterocycles. The summed E-state index contributed by atoms with van der Waals surface area (Å²) >= 11 is 0. The van der Waals surface area contributed by atoms with Crippen molar-refractivity contribution in [1.82, 2.24) is 0 Å². The van der Waals surface area contributed by atoms with E-state index < -0.39 is 17.1 Å². The van der Waals surface area contributed by atoms with Crippen LogP contribution in [0.25, 0.3) is 0 Å². The lowest BCUT2D eigenvalue weighted by molar-refractivity contribution is -0.384. The second kappa shape index (κ2) is 8.53. The molecule has 7 heteroatoms. The van der Waals surface area contributed by atoms with Gasteiger partial charge in [0.05, 0.1) is 17.1 Å². The molecule has 3 aromatic rings. The number of anilines is 1. The van der Waals surface area contributed by atoms with E-state index in [0.29, 0.717) is 11.1 Å². The van der Waals surface area contributed by atoms with Gasteiger partial charge in [-0.1, -0.05) is 42.5 Å². The number of nitro groups is 1. The second-order valence-electron chi connectivity index (χ2n) is 6.65. The van der Waals surface area contributed by atoms with E-state index in [1.54, 1.807) is 49.4 Å². The summed E-state index contributed by atoms with van der Waals surface area (Å²) in [6.07, 6.45) is -0.958. The summed E-state index contributed by atoms with van der Waals surface area (Å²) in [5.74, 6) is -0.228. The molecule has 2 atom stereocenters. The minimum atomic E-state index is -0.958. The van der Waals surface area contributed by atoms with Gasteiger partial charge >= 0.3 is 0 Å². The highest BCUT2D eigenvalue weighted by atomic mass is 16.6. The number of hydrogen-bond acceptors (Lipinski definition) is 6. The van der Waals surface area contributed by atoms with Gasteiger partial charge in [0.2, 0.25) is 0 Å². The maximum Gasteiger partial charge on any atom is 0.293 e. The van der Waals surface area contributed by atoms with Gasteiger partial charge in [0.1, 0.15) is 11.4 Å². The summed E-state index contributed by atoms with van der Waals surface area (Å²) < 4.78 is 0. The van der Waals surface area contributed by atoms with E-state index in [1.165, 1.54) is 30.3 Å². The highest BCUT2D eigenvalue weighted by molar-refractivity contribution is 6.09. The third kappa shape index (κ3) is 4.59. The molecule has 0 aromatic heterocycles. The van der Waals surface area contributed by atoms with Crippen LogP contribution in [-0.4, -0.2) is 27.0 Å². The fourth-order valence-electron chi connectivity index (χ4n) is 2.99. The molecule has 0 fully saturated rings. The number of carbonyl (C=O) groups is 1. The highest BCUT2D eigenvalue weighted by Gasteiger charge is 2.22. The summed E-state index contributed by atoms with van der Waals surface area (Å²) in [6, 6.07) is 18.3. The monoisotopic (exact) mass is 392 g/mol. The zero-order valence-electron chi connectivity index (χ0n) is 15.6. The molecule has 0 saturated carbocycles. The maximum atomic E-state index is 12.6. The lowest BCUT2D eigenvalue weighted by Crippen LogP contribution is -2.24. The van der Waals surface area contributed by atoms with Crippen molar-refractivity contribution in [2.24, 2.45) is 0 Å². The predicted molar refractivity (Wildman–Crippen MR) is 109 cm³/mol. The van der Waals surface area contributed by atoms with Crippen LogP contribution in [0.15, 0.2) is 72.8 Å². The molecule has 3 N–H and O–H groups in total. The fraction of sp³-hybridized carbons (Fsp3) is 0.136. The fourth-order valence-corrected chi connectivity index (χ4v) is 2.99. The third-order valence-electron chi connectivity index (χ3n) is 4.58. The molecule has 0 aliphatic heterocycles. The normalized spacial score (nSPS) is 12.8. The van der Waals surface area contributed by atoms with E-state index in [-0.39, 0.29) is 28.5 Å². The first-order valence-corrected chi connectivity index (χ1v) is 8.98. The summed E-state index contributed by atoms with van der Waals surface area (Å²) in [4.78, 5) is 23.6. The first kappa shape index (κ1) is 20.0. The Balaban J connectivity index is 1.84. The first-order chi connectivity index (χ1) is 13.9. The molecule has 7 nitrogen and oxygen atoms in total. The Morgan fingerprint density at radius 1 is 1.00 bits per heavy atom. The van der Waals surface area contributed by atoms with Crippen LogP contribution in [0, 0.1) is 10.1 Å². The Hall–Kier alpha value is -3.71. The number of nitro benzene ring substituents is 1. The van der Waals surface area contributed by atoms with Crippen molar-refractivity contribution in [2.45, 2.75) is 19.1 Å². The molecule has 3 rings (SSSR count). The maximum absolute atomic E-state index is 12.6. The van der Waals surface area contributed by atoms with Gasteiger partial charge in [-0.05, 0) is 36.8 Å². The smallest absolute Gasteiger partial charge is 0.293 e. The van der Waals surface area contributed by atoms with Gasteiger partial charge in [-0.3, -0.25) is 14.9 Å². The SMILES string of the molecule is C[C@H](Nc1ccc(C(=O)c2ccccc2)cc1[N+](=O)[O-])[C@H](O)c1ccc(O)cc1. The Morgan fingerprint density at radius 2 is 1.66 bits per heavy atom. The third-order valence-corrected chi connectivity index (χ3v) is 4.58. The van der Waals surface area contributed by atoms with Gasteiger partial charge in [0, 0.05) is 17.2 Å². The first-order valence-electron chi connectivity index (χ1n) is 8.98. The average molecular weight is 392 g/mol. The van der Waals surface area contributed by atoms with Gasteiger partial charge in [-0.15, -0.1) is 0 Å². The number of aliphatic hydroxyl groups excluding tert-OH is 1. The Kier molecular flexibility index (Phi) is 5.90. The van der Waals surface area contributed by atoms with Crippen molar-refractivity contribution in [1.29, 1.82) is 0 Å². The number of ketones is 1. The molecule has 0 amide bonds. The second-order valence-corrected chi connectivity index (χ2v) is 6.65. The van der Waals surface area contributed by atoms with Gasteiger partial charge in [0.15, 0.2) is 5.78 Å². The molecule has 148 valence electrons. The number of nitrogens with zero attached hydrogens (tertiary/aromatic N) is 1. The number of phenols is 1. The van der Waals surface area contributed by atoms with Crippen LogP contribution in [0.1, 0.15) is 34.5 Å². The Bertz CT molecular complexity index is 1020. The van der Waals surface area contributed by atoms with Crippen LogP contribution in [0.2, 0.25) is 0 Å². The largest absolute Gasteiger partial charge is 0.508 e. The molecule has 0 unspecified atom stereocenters. The minimum Gasteiger partial charge on any atom is -0.508 e. The number of rotatable bonds is 7. The summed E-state index contributed by atoms with van der Waals surface area (Å²) in [5.41, 5.74) is 1.15. The van der Waals surface area contributed by atoms with Crippen LogP contribution >= 0.6 is 0 Å². The number of phenolic OH excluding ortho intramolecular Hbond substituents is 1. The standard InChI is InChI=1S/C22H20N2O5/c1-14(21(26)16-7-10-18(25)11-8-16)23-19-12-9-17(13-20(19)24(28)29)22(27)15-5-3-2-4-6-15/h2-14,21,23,25-26H,1H3/t14-,21-/m0/s1. The molecule has 0 radical (unpaired) electrons. The minimum absolute atomic E-state index is 0.0795. The summed E-state index contributed by atoms with van der Waals surface area (Å²) in [7, 11) is 0. The van der Waals surface area contributed by atoms with E-state index >= 15 is 0 Å². The van der Waals surface area contributed by atoms with Crippen molar-refractivity contribution < 1.29 is 19.9 Å². The average Bonchev–Trinajstić information content (AvgIpc) is 2.74. The van der Waals surface area contributed by atoms with Crippen LogP contribution in [-0.2, 0) is 0 Å². The van der Waals surface area contributed by atoms with Crippen LogP contribution in [0.4, 0.5) is 11.4 Å². The van der Waals surface area contributed by atoms with E-state index in [0.717, 1.165) is 0 Å². The molecule has 3 aromatic carbocycles. The lowest BCUT2D eigenvalue weighted by atomic mass is 10.0. The van der Waals surface area contributed by atoms with Crippen LogP contribution in [0.3, 0.4) is 0 Å². The van der Waals surface area contributed by atoms with Crippen molar-refractivity contribution in [3.05, 3.63) is 99.6 Å². The van der Waals surface area contributed by atoms with E-state index in [1.807, 2.05) is 0 Å². The van der Waals surface area contributed by atoms with Crippen molar-refractivity contribution in [2.75, 3.05) is 5.32 Å². The number of aromatic hydroxyl groups is 1. The van der Waals surface area contributed by atoms with E-state index in [4.69, 9.17) is 0 Å². The molecule has 29 heavy (non-hydrogen) atoms. The molecular weight excluding hydrogens is 372 g/mol. The summed E-state index contributed by atoms with van der Waals surface area (Å²) in [6.45, 7) is 1.68. The number of hydrogen-bond donors (Lipinski definition) is 3. The quantitative estimate of drug-likeness (QED) is 0.317. The van der Waals surface area contributed by atoms with Crippen LogP contribution in [0.5, 0.6) is 5.75 Å². The molecule has 0 aliphatic carbocycles. The van der Waals surface area contributed by atoms with Gasteiger partial charge in [0.25, 0.3) is 5.69 Å². The number of aliphatic hydroxyl groups is 1. The number of benzene rings is 3. The van der Waals surface area contributed by atoms with E-state index in [9.17, 15) is 25.1 Å². The molecule has 0 aliphatic rings. The van der Waals surface area contributed by atoms with Crippen molar-refractivity contribution in [3.8, 4) is 5.75 Å². The van der Waals surface area contributed by atoms with Crippen LogP contribution < -0.4 is 5.32 Å². The highest BCUT2D eigenvalue weighted by Crippen LogP contribution is 2.30. The predicted octanol–water partition coefficient (Wildman–Crippen LogP) is 4.07. The summed E-state index contributed by atoms with van der Waals surface area (Å²) in [5, 5.41) is 34.4. The Morgan fingerprint density at radius 3 is 2.28 bits per heavy atom. The van der Waals surface area contributed by atoms with E-state index in [2.05, 4.69) is 5.32 Å². The van der Waals surface area contributed by atoms with Gasteiger partial charge in [-0.25, -0.2) is 0 Å². The van der Waals surface area contributed by atoms with Gasteiger partial charge < -0.3 is 15.5 Å². The molecular formula is C22H20N2O5. The molecule has 0 saturated heterocycles. The number of nitrogens with one attached hydrogen (secondary N) is 1.